The molecule has 0 aliphatic heterocycles. The molecule has 0 spiro atoms. The highest BCUT2D eigenvalue weighted by atomic mass is 35.5. The number of hydrogen-bond donors (Lipinski definition) is 0. The average molecular weight is 351 g/mol. The molecule has 0 unspecified atom stereocenters. The average Bonchev–Trinajstić information content (AvgIpc) is 2.55. The number of nitriles is 1. The third-order valence-corrected chi connectivity index (χ3v) is 5.34. The monoisotopic (exact) mass is 350 g/mol. The van der Waals surface area contributed by atoms with Gasteiger partial charge < -0.3 is 4.74 Å². The van der Waals surface area contributed by atoms with Crippen LogP contribution in [0.4, 0.5) is 0 Å². The van der Waals surface area contributed by atoms with Crippen LogP contribution in [0.15, 0.2) is 47.4 Å². The highest BCUT2D eigenvalue weighted by Crippen LogP contribution is 2.26. The molecule has 0 fully saturated rings. The first kappa shape index (κ1) is 17.3. The lowest BCUT2D eigenvalue weighted by Crippen LogP contribution is -2.26. The lowest BCUT2D eigenvalue weighted by molar-refractivity contribution is 0.398. The molecule has 0 aliphatic rings. The van der Waals surface area contributed by atoms with Crippen LogP contribution in [0.3, 0.4) is 0 Å². The summed E-state index contributed by atoms with van der Waals surface area (Å²) >= 11 is 5.97. The second-order valence-electron chi connectivity index (χ2n) is 4.86. The Morgan fingerprint density at radius 1 is 1.26 bits per heavy atom. The van der Waals surface area contributed by atoms with Crippen LogP contribution < -0.4 is 4.74 Å². The van der Waals surface area contributed by atoms with Crippen LogP contribution in [0.5, 0.6) is 5.75 Å². The minimum absolute atomic E-state index is 0.0695. The summed E-state index contributed by atoms with van der Waals surface area (Å²) in [7, 11) is -0.745. The van der Waals surface area contributed by atoms with Crippen molar-refractivity contribution in [2.75, 3.05) is 14.2 Å². The van der Waals surface area contributed by atoms with E-state index in [0.717, 1.165) is 0 Å². The third-order valence-electron chi connectivity index (χ3n) is 3.31. The van der Waals surface area contributed by atoms with Crippen molar-refractivity contribution < 1.29 is 13.2 Å². The predicted molar refractivity (Wildman–Crippen MR) is 87.8 cm³/mol. The lowest BCUT2D eigenvalue weighted by Gasteiger charge is -2.19. The van der Waals surface area contributed by atoms with Crippen LogP contribution in [0.1, 0.15) is 11.1 Å². The van der Waals surface area contributed by atoms with Crippen LogP contribution in [-0.4, -0.2) is 26.9 Å². The van der Waals surface area contributed by atoms with Gasteiger partial charge in [0.25, 0.3) is 0 Å². The number of sulfonamides is 1. The highest BCUT2D eigenvalue weighted by Gasteiger charge is 2.22. The number of benzene rings is 2. The third kappa shape index (κ3) is 3.82. The van der Waals surface area contributed by atoms with Crippen LogP contribution in [0.25, 0.3) is 0 Å². The Kier molecular flexibility index (Phi) is 5.26. The molecule has 23 heavy (non-hydrogen) atoms. The zero-order valence-corrected chi connectivity index (χ0v) is 14.2. The molecule has 0 radical (unpaired) electrons. The van der Waals surface area contributed by atoms with Gasteiger partial charge in [-0.25, -0.2) is 8.42 Å². The normalized spacial score (nSPS) is 11.3. The maximum atomic E-state index is 12.6. The molecule has 0 bridgehead atoms. The van der Waals surface area contributed by atoms with E-state index < -0.39 is 10.0 Å². The fraction of sp³-hybridized carbons (Fsp3) is 0.188. The second kappa shape index (κ2) is 7.01. The van der Waals surface area contributed by atoms with Crippen molar-refractivity contribution in [3.05, 3.63) is 58.6 Å². The molecule has 0 N–H and O–H groups in total. The van der Waals surface area contributed by atoms with Gasteiger partial charge in [0.05, 0.1) is 23.6 Å². The molecule has 0 atom stereocenters. The van der Waals surface area contributed by atoms with Crippen molar-refractivity contribution in [2.45, 2.75) is 11.4 Å². The fourth-order valence-corrected chi connectivity index (χ4v) is 3.49. The molecule has 0 saturated heterocycles. The van der Waals surface area contributed by atoms with Crippen molar-refractivity contribution in [3.63, 3.8) is 0 Å². The molecule has 0 aromatic heterocycles. The molecule has 0 heterocycles. The molecule has 0 aliphatic carbocycles. The minimum atomic E-state index is -3.72. The van der Waals surface area contributed by atoms with Crippen molar-refractivity contribution in [1.29, 1.82) is 5.26 Å². The van der Waals surface area contributed by atoms with Crippen molar-refractivity contribution in [2.24, 2.45) is 0 Å². The Balaban J connectivity index is 2.34. The zero-order valence-electron chi connectivity index (χ0n) is 12.7. The SMILES string of the molecule is COc1ccc(Cl)cc1CN(C)S(=O)(=O)c1cccc(C#N)c1. The summed E-state index contributed by atoms with van der Waals surface area (Å²) in [6.07, 6.45) is 0. The van der Waals surface area contributed by atoms with Gasteiger partial charge in [-0.1, -0.05) is 17.7 Å². The van der Waals surface area contributed by atoms with E-state index in [9.17, 15) is 8.42 Å². The predicted octanol–water partition coefficient (Wildman–Crippen LogP) is 3.04. The van der Waals surface area contributed by atoms with E-state index >= 15 is 0 Å². The fourth-order valence-electron chi connectivity index (χ4n) is 2.10. The molecule has 0 saturated carbocycles. The second-order valence-corrected chi connectivity index (χ2v) is 7.34. The Morgan fingerprint density at radius 2 is 2.00 bits per heavy atom. The number of hydrogen-bond acceptors (Lipinski definition) is 4. The summed E-state index contributed by atoms with van der Waals surface area (Å²) in [6, 6.07) is 12.9. The largest absolute Gasteiger partial charge is 0.496 e. The van der Waals surface area contributed by atoms with Crippen molar-refractivity contribution in [3.8, 4) is 11.8 Å². The van der Waals surface area contributed by atoms with Gasteiger partial charge in [0.1, 0.15) is 5.75 Å². The number of nitrogens with zero attached hydrogens (tertiary/aromatic N) is 2. The topological polar surface area (TPSA) is 70.4 Å². The summed E-state index contributed by atoms with van der Waals surface area (Å²) in [4.78, 5) is 0.0695. The first-order valence-electron chi connectivity index (χ1n) is 6.67. The first-order valence-corrected chi connectivity index (χ1v) is 8.49. The van der Waals surface area contributed by atoms with Gasteiger partial charge in [-0.2, -0.15) is 9.57 Å². The van der Waals surface area contributed by atoms with Crippen LogP contribution in [0.2, 0.25) is 5.02 Å². The summed E-state index contributed by atoms with van der Waals surface area (Å²) in [6.45, 7) is 0.100. The van der Waals surface area contributed by atoms with Gasteiger partial charge >= 0.3 is 0 Å². The van der Waals surface area contributed by atoms with Gasteiger partial charge in [-0.15, -0.1) is 0 Å². The number of halogens is 1. The van der Waals surface area contributed by atoms with E-state index in [1.807, 2.05) is 6.07 Å². The smallest absolute Gasteiger partial charge is 0.243 e. The van der Waals surface area contributed by atoms with Gasteiger partial charge in [0.2, 0.25) is 10.0 Å². The minimum Gasteiger partial charge on any atom is -0.496 e. The maximum absolute atomic E-state index is 12.6. The molecule has 5 nitrogen and oxygen atoms in total. The molecule has 7 heteroatoms. The van der Waals surface area contributed by atoms with E-state index in [0.29, 0.717) is 21.9 Å². The van der Waals surface area contributed by atoms with Gasteiger partial charge in [-0.3, -0.25) is 0 Å². The Labute approximate surface area is 140 Å². The van der Waals surface area contributed by atoms with Crippen LogP contribution >= 0.6 is 11.6 Å². The first-order chi connectivity index (χ1) is 10.9. The Bertz CT molecular complexity index is 860. The number of ether oxygens (including phenoxy) is 1. The molecular weight excluding hydrogens is 336 g/mol. The van der Waals surface area contributed by atoms with Crippen LogP contribution in [-0.2, 0) is 16.6 Å². The van der Waals surface area contributed by atoms with Crippen molar-refractivity contribution in [1.82, 2.24) is 4.31 Å². The summed E-state index contributed by atoms with van der Waals surface area (Å²) in [5, 5.41) is 9.41. The zero-order chi connectivity index (χ0) is 17.0. The van der Waals surface area contributed by atoms with Crippen LogP contribution in [0, 0.1) is 11.3 Å². The maximum Gasteiger partial charge on any atom is 0.243 e. The Morgan fingerprint density at radius 3 is 2.65 bits per heavy atom. The molecule has 120 valence electrons. The highest BCUT2D eigenvalue weighted by molar-refractivity contribution is 7.89. The molecular formula is C16H15ClN2O3S. The van der Waals surface area contributed by atoms with E-state index in [1.165, 1.54) is 30.6 Å². The van der Waals surface area contributed by atoms with Gasteiger partial charge in [0, 0.05) is 24.2 Å². The molecule has 2 aromatic rings. The Hall–Kier alpha value is -2.07. The summed E-state index contributed by atoms with van der Waals surface area (Å²) < 4.78 is 31.7. The van der Waals surface area contributed by atoms with Gasteiger partial charge in [-0.05, 0) is 36.4 Å². The quantitative estimate of drug-likeness (QED) is 0.831. The van der Waals surface area contributed by atoms with E-state index in [2.05, 4.69) is 0 Å². The van der Waals surface area contributed by atoms with E-state index in [4.69, 9.17) is 21.6 Å². The summed E-state index contributed by atoms with van der Waals surface area (Å²) in [5.74, 6) is 0.558. The number of rotatable bonds is 5. The van der Waals surface area contributed by atoms with Gasteiger partial charge in [0.15, 0.2) is 0 Å². The standard InChI is InChI=1S/C16H15ClN2O3S/c1-19(11-13-9-14(17)6-7-16(13)22-2)23(20,21)15-5-3-4-12(8-15)10-18/h3-9H,11H2,1-2H3. The molecule has 2 aromatic carbocycles. The molecule has 2 rings (SSSR count). The molecule has 0 amide bonds. The van der Waals surface area contributed by atoms with Crippen molar-refractivity contribution >= 4 is 21.6 Å². The lowest BCUT2D eigenvalue weighted by atomic mass is 10.2. The number of methoxy groups -OCH3 is 1. The van der Waals surface area contributed by atoms with E-state index in [1.54, 1.807) is 30.3 Å². The summed E-state index contributed by atoms with van der Waals surface area (Å²) in [5.41, 5.74) is 0.947. The van der Waals surface area contributed by atoms with E-state index in [-0.39, 0.29) is 11.4 Å².